The number of nitro benzene ring substituents is 1. The fraction of sp³-hybridized carbons (Fsp3) is 0.429. The highest BCUT2D eigenvalue weighted by molar-refractivity contribution is 7.90. The molecule has 24 heavy (non-hydrogen) atoms. The van der Waals surface area contributed by atoms with Gasteiger partial charge >= 0.3 is 0 Å². The third-order valence-corrected chi connectivity index (χ3v) is 5.24. The van der Waals surface area contributed by atoms with Crippen molar-refractivity contribution in [3.8, 4) is 0 Å². The van der Waals surface area contributed by atoms with Gasteiger partial charge in [0.15, 0.2) is 9.84 Å². The Balaban J connectivity index is 1.93. The van der Waals surface area contributed by atoms with Crippen LogP contribution in [0.15, 0.2) is 35.7 Å². The molecule has 1 aromatic heterocycles. The van der Waals surface area contributed by atoms with Crippen LogP contribution in [0.3, 0.4) is 0 Å². The molecule has 0 saturated carbocycles. The molecule has 1 aromatic carbocycles. The second kappa shape index (κ2) is 6.19. The molecule has 2 heterocycles. The van der Waals surface area contributed by atoms with Crippen LogP contribution in [-0.4, -0.2) is 47.5 Å². The Hall–Kier alpha value is -2.49. The Morgan fingerprint density at radius 3 is 2.79 bits per heavy atom. The van der Waals surface area contributed by atoms with E-state index >= 15 is 0 Å². The lowest BCUT2D eigenvalue weighted by Gasteiger charge is -2.34. The number of aromatic nitrogens is 3. The van der Waals surface area contributed by atoms with E-state index in [9.17, 15) is 18.5 Å². The van der Waals surface area contributed by atoms with Crippen LogP contribution in [0.2, 0.25) is 0 Å². The maximum atomic E-state index is 11.9. The number of sulfone groups is 1. The normalized spacial score (nSPS) is 18.5. The number of piperidine rings is 1. The van der Waals surface area contributed by atoms with E-state index in [0.717, 1.165) is 25.6 Å². The monoisotopic (exact) mass is 351 g/mol. The van der Waals surface area contributed by atoms with Crippen LogP contribution in [-0.2, 0) is 9.84 Å². The van der Waals surface area contributed by atoms with Crippen molar-refractivity contribution >= 4 is 21.2 Å². The fourth-order valence-corrected chi connectivity index (χ4v) is 3.82. The number of nitro groups is 1. The molecule has 0 radical (unpaired) electrons. The van der Waals surface area contributed by atoms with E-state index in [0.29, 0.717) is 12.2 Å². The van der Waals surface area contributed by atoms with Gasteiger partial charge in [0.05, 0.1) is 11.0 Å². The minimum atomic E-state index is -3.69. The number of nitrogens with zero attached hydrogens (tertiary/aromatic N) is 5. The molecule has 1 aliphatic heterocycles. The third kappa shape index (κ3) is 3.23. The Bertz CT molecular complexity index is 850. The smallest absolute Gasteiger partial charge is 0.288 e. The van der Waals surface area contributed by atoms with Crippen LogP contribution >= 0.6 is 0 Å². The predicted molar refractivity (Wildman–Crippen MR) is 86.7 cm³/mol. The molecule has 0 spiro atoms. The van der Waals surface area contributed by atoms with E-state index in [2.05, 4.69) is 10.1 Å². The van der Waals surface area contributed by atoms with Crippen molar-refractivity contribution in [2.45, 2.75) is 23.8 Å². The van der Waals surface area contributed by atoms with Crippen molar-refractivity contribution < 1.29 is 13.3 Å². The first-order chi connectivity index (χ1) is 11.4. The maximum Gasteiger partial charge on any atom is 0.288 e. The molecule has 1 saturated heterocycles. The molecule has 0 N–H and O–H groups in total. The van der Waals surface area contributed by atoms with Crippen LogP contribution in [0, 0.1) is 10.1 Å². The number of benzene rings is 1. The Kier molecular flexibility index (Phi) is 4.22. The molecule has 128 valence electrons. The van der Waals surface area contributed by atoms with E-state index in [1.165, 1.54) is 18.5 Å². The van der Waals surface area contributed by atoms with E-state index in [-0.39, 0.29) is 10.9 Å². The highest BCUT2D eigenvalue weighted by Crippen LogP contribution is 2.31. The summed E-state index contributed by atoms with van der Waals surface area (Å²) in [5.41, 5.74) is 0.261. The van der Waals surface area contributed by atoms with Gasteiger partial charge in [-0.3, -0.25) is 10.1 Å². The lowest BCUT2D eigenvalue weighted by atomic mass is 10.1. The zero-order chi connectivity index (χ0) is 17.3. The van der Waals surface area contributed by atoms with Gasteiger partial charge in [-0.05, 0) is 25.0 Å². The first kappa shape index (κ1) is 16.4. The highest BCUT2D eigenvalue weighted by atomic mass is 32.2. The molecule has 0 amide bonds. The largest absolute Gasteiger partial charge is 0.369 e. The summed E-state index contributed by atoms with van der Waals surface area (Å²) >= 11 is 0. The van der Waals surface area contributed by atoms with Gasteiger partial charge in [-0.25, -0.2) is 18.1 Å². The molecule has 9 nitrogen and oxygen atoms in total. The zero-order valence-corrected chi connectivity index (χ0v) is 13.9. The van der Waals surface area contributed by atoms with Crippen molar-refractivity contribution in [2.24, 2.45) is 0 Å². The van der Waals surface area contributed by atoms with Gasteiger partial charge in [0, 0.05) is 31.1 Å². The second-order valence-electron chi connectivity index (χ2n) is 5.80. The molecule has 0 bridgehead atoms. The lowest BCUT2D eigenvalue weighted by molar-refractivity contribution is -0.387. The minimum absolute atomic E-state index is 0.137. The molecular weight excluding hydrogens is 334 g/mol. The summed E-state index contributed by atoms with van der Waals surface area (Å²) in [4.78, 5) is 16.1. The van der Waals surface area contributed by atoms with Crippen molar-refractivity contribution in [3.63, 3.8) is 0 Å². The molecule has 1 fully saturated rings. The summed E-state index contributed by atoms with van der Waals surface area (Å²) in [6, 6.07) is 4.37. The Labute approximate surface area is 139 Å². The van der Waals surface area contributed by atoms with Gasteiger partial charge in [-0.15, -0.1) is 0 Å². The number of anilines is 1. The van der Waals surface area contributed by atoms with E-state index in [1.54, 1.807) is 17.1 Å². The van der Waals surface area contributed by atoms with Crippen molar-refractivity contribution in [1.29, 1.82) is 0 Å². The SMILES string of the molecule is CS(=O)(=O)c1cc(N2CCCC(n3cncn3)C2)ccc1[N+](=O)[O-]. The average molecular weight is 351 g/mol. The van der Waals surface area contributed by atoms with Gasteiger partial charge in [-0.2, -0.15) is 5.10 Å². The van der Waals surface area contributed by atoms with E-state index < -0.39 is 20.4 Å². The first-order valence-corrected chi connectivity index (χ1v) is 9.33. The quantitative estimate of drug-likeness (QED) is 0.605. The number of rotatable bonds is 4. The van der Waals surface area contributed by atoms with Crippen molar-refractivity contribution in [1.82, 2.24) is 14.8 Å². The van der Waals surface area contributed by atoms with Crippen molar-refractivity contribution in [3.05, 3.63) is 41.0 Å². The fourth-order valence-electron chi connectivity index (χ4n) is 2.96. The van der Waals surface area contributed by atoms with Gasteiger partial charge < -0.3 is 4.90 Å². The standard InChI is InChI=1S/C14H17N5O4S/c1-24(22,23)14-7-11(4-5-13(14)19(20)21)17-6-2-3-12(8-17)18-10-15-9-16-18/h4-5,7,9-10,12H,2-3,6,8H2,1H3. The van der Waals surface area contributed by atoms with Gasteiger partial charge in [0.2, 0.25) is 0 Å². The second-order valence-corrected chi connectivity index (χ2v) is 7.78. The van der Waals surface area contributed by atoms with Crippen LogP contribution in [0.4, 0.5) is 11.4 Å². The lowest BCUT2D eigenvalue weighted by Crippen LogP contribution is -2.36. The Morgan fingerprint density at radius 1 is 1.38 bits per heavy atom. The highest BCUT2D eigenvalue weighted by Gasteiger charge is 2.26. The average Bonchev–Trinajstić information content (AvgIpc) is 3.08. The van der Waals surface area contributed by atoms with Crippen LogP contribution in [0.25, 0.3) is 0 Å². The summed E-state index contributed by atoms with van der Waals surface area (Å²) in [7, 11) is -3.69. The van der Waals surface area contributed by atoms with Crippen LogP contribution in [0.1, 0.15) is 18.9 Å². The summed E-state index contributed by atoms with van der Waals surface area (Å²) < 4.78 is 25.6. The molecule has 1 aliphatic rings. The minimum Gasteiger partial charge on any atom is -0.369 e. The van der Waals surface area contributed by atoms with E-state index in [1.807, 2.05) is 4.90 Å². The third-order valence-electron chi connectivity index (χ3n) is 4.11. The first-order valence-electron chi connectivity index (χ1n) is 7.44. The predicted octanol–water partition coefficient (Wildman–Crippen LogP) is 1.43. The topological polar surface area (TPSA) is 111 Å². The Morgan fingerprint density at radius 2 is 2.17 bits per heavy atom. The maximum absolute atomic E-state index is 11.9. The molecule has 2 aromatic rings. The summed E-state index contributed by atoms with van der Waals surface area (Å²) in [6.07, 6.45) is 5.98. The van der Waals surface area contributed by atoms with Crippen LogP contribution < -0.4 is 4.90 Å². The number of hydrogen-bond donors (Lipinski definition) is 0. The molecule has 1 unspecified atom stereocenters. The summed E-state index contributed by atoms with van der Waals surface area (Å²) in [6.45, 7) is 1.40. The van der Waals surface area contributed by atoms with Gasteiger partial charge in [0.1, 0.15) is 17.6 Å². The summed E-state index contributed by atoms with van der Waals surface area (Å²) in [5.74, 6) is 0. The molecule has 1 atom stereocenters. The molecule has 10 heteroatoms. The van der Waals surface area contributed by atoms with E-state index in [4.69, 9.17) is 0 Å². The van der Waals surface area contributed by atoms with Gasteiger partial charge in [-0.1, -0.05) is 0 Å². The zero-order valence-electron chi connectivity index (χ0n) is 13.1. The molecule has 0 aliphatic carbocycles. The van der Waals surface area contributed by atoms with Gasteiger partial charge in [0.25, 0.3) is 5.69 Å². The molecular formula is C14H17N5O4S. The summed E-state index contributed by atoms with van der Waals surface area (Å²) in [5, 5.41) is 15.2. The molecule has 3 rings (SSSR count). The van der Waals surface area contributed by atoms with Crippen LogP contribution in [0.5, 0.6) is 0 Å². The number of hydrogen-bond acceptors (Lipinski definition) is 7. The van der Waals surface area contributed by atoms with Crippen molar-refractivity contribution in [2.75, 3.05) is 24.2 Å².